The highest BCUT2D eigenvalue weighted by molar-refractivity contribution is 9.10. The van der Waals surface area contributed by atoms with Crippen molar-refractivity contribution in [1.82, 2.24) is 0 Å². The van der Waals surface area contributed by atoms with E-state index >= 15 is 0 Å². The van der Waals surface area contributed by atoms with Crippen LogP contribution in [0.25, 0.3) is 0 Å². The standard InChI is InChI=1S/C19H22BrNO3/c1-12-10-14(20)7-8-15(12)21-18(22)19(2,3)13-6-9-16(23-4)17(11-13)24-5/h6-11H,1-5H3,(H,21,22). The second-order valence-corrected chi connectivity index (χ2v) is 7.02. The fraction of sp³-hybridized carbons (Fsp3) is 0.316. The minimum Gasteiger partial charge on any atom is -0.493 e. The summed E-state index contributed by atoms with van der Waals surface area (Å²) in [4.78, 5) is 12.8. The molecule has 2 aromatic carbocycles. The van der Waals surface area contributed by atoms with Gasteiger partial charge in [0.25, 0.3) is 0 Å². The summed E-state index contributed by atoms with van der Waals surface area (Å²) in [5.74, 6) is 1.16. The lowest BCUT2D eigenvalue weighted by Gasteiger charge is -2.25. The number of benzene rings is 2. The third-order valence-corrected chi connectivity index (χ3v) is 4.60. The molecule has 0 atom stereocenters. The molecule has 0 saturated heterocycles. The van der Waals surface area contributed by atoms with Gasteiger partial charge in [-0.05, 0) is 62.2 Å². The first-order valence-corrected chi connectivity index (χ1v) is 8.39. The zero-order valence-corrected chi connectivity index (χ0v) is 16.2. The zero-order chi connectivity index (χ0) is 17.9. The lowest BCUT2D eigenvalue weighted by molar-refractivity contribution is -0.120. The Bertz CT molecular complexity index is 756. The molecule has 24 heavy (non-hydrogen) atoms. The number of hydrogen-bond donors (Lipinski definition) is 1. The average molecular weight is 392 g/mol. The Hall–Kier alpha value is -2.01. The van der Waals surface area contributed by atoms with E-state index in [-0.39, 0.29) is 5.91 Å². The first-order valence-electron chi connectivity index (χ1n) is 7.59. The molecule has 0 unspecified atom stereocenters. The number of halogens is 1. The highest BCUT2D eigenvalue weighted by Crippen LogP contribution is 2.34. The molecule has 0 heterocycles. The molecular weight excluding hydrogens is 370 g/mol. The molecule has 5 heteroatoms. The largest absolute Gasteiger partial charge is 0.493 e. The van der Waals surface area contributed by atoms with Crippen LogP contribution >= 0.6 is 15.9 Å². The molecule has 0 aromatic heterocycles. The number of methoxy groups -OCH3 is 2. The van der Waals surface area contributed by atoms with Gasteiger partial charge in [-0.1, -0.05) is 22.0 Å². The minimum absolute atomic E-state index is 0.0832. The van der Waals surface area contributed by atoms with Crippen molar-refractivity contribution in [1.29, 1.82) is 0 Å². The molecule has 0 aliphatic rings. The lowest BCUT2D eigenvalue weighted by Crippen LogP contribution is -2.35. The molecule has 2 aromatic rings. The quantitative estimate of drug-likeness (QED) is 0.803. The zero-order valence-electron chi connectivity index (χ0n) is 14.6. The van der Waals surface area contributed by atoms with Gasteiger partial charge in [0.1, 0.15) is 0 Å². The number of carbonyl (C=O) groups is 1. The number of anilines is 1. The summed E-state index contributed by atoms with van der Waals surface area (Å²) < 4.78 is 11.6. The van der Waals surface area contributed by atoms with Gasteiger partial charge >= 0.3 is 0 Å². The van der Waals surface area contributed by atoms with Crippen molar-refractivity contribution in [2.24, 2.45) is 0 Å². The predicted molar refractivity (Wildman–Crippen MR) is 100 cm³/mol. The second kappa shape index (κ2) is 7.26. The van der Waals surface area contributed by atoms with Gasteiger partial charge in [-0.2, -0.15) is 0 Å². The third-order valence-electron chi connectivity index (χ3n) is 4.11. The molecule has 0 fully saturated rings. The van der Waals surface area contributed by atoms with Gasteiger partial charge in [0.2, 0.25) is 5.91 Å². The molecule has 128 valence electrons. The first-order chi connectivity index (χ1) is 11.3. The maximum Gasteiger partial charge on any atom is 0.234 e. The summed E-state index contributed by atoms with van der Waals surface area (Å²) >= 11 is 3.43. The number of carbonyl (C=O) groups excluding carboxylic acids is 1. The van der Waals surface area contributed by atoms with E-state index in [1.54, 1.807) is 14.2 Å². The molecule has 1 N–H and O–H groups in total. The molecule has 0 radical (unpaired) electrons. The molecule has 0 aliphatic heterocycles. The summed E-state index contributed by atoms with van der Waals surface area (Å²) in [5, 5.41) is 3.01. The van der Waals surface area contributed by atoms with Crippen molar-refractivity contribution >= 4 is 27.5 Å². The number of aryl methyl sites for hydroxylation is 1. The van der Waals surface area contributed by atoms with Crippen molar-refractivity contribution in [2.45, 2.75) is 26.2 Å². The third kappa shape index (κ3) is 3.73. The summed E-state index contributed by atoms with van der Waals surface area (Å²) in [6, 6.07) is 11.3. The van der Waals surface area contributed by atoms with Gasteiger partial charge < -0.3 is 14.8 Å². The van der Waals surface area contributed by atoms with Crippen LogP contribution < -0.4 is 14.8 Å². The van der Waals surface area contributed by atoms with Crippen molar-refractivity contribution in [3.05, 3.63) is 52.0 Å². The molecule has 0 aliphatic carbocycles. The van der Waals surface area contributed by atoms with Gasteiger partial charge in [0.05, 0.1) is 19.6 Å². The number of rotatable bonds is 5. The Morgan fingerprint density at radius 1 is 1.04 bits per heavy atom. The van der Waals surface area contributed by atoms with Crippen molar-refractivity contribution in [3.8, 4) is 11.5 Å². The fourth-order valence-corrected chi connectivity index (χ4v) is 2.88. The van der Waals surface area contributed by atoms with Crippen molar-refractivity contribution in [2.75, 3.05) is 19.5 Å². The Kier molecular flexibility index (Phi) is 5.54. The van der Waals surface area contributed by atoms with Gasteiger partial charge in [0, 0.05) is 10.2 Å². The molecule has 0 bridgehead atoms. The van der Waals surface area contributed by atoms with Crippen LogP contribution in [0, 0.1) is 6.92 Å². The van der Waals surface area contributed by atoms with Gasteiger partial charge in [-0.3, -0.25) is 4.79 Å². The van der Waals surface area contributed by atoms with Gasteiger partial charge in [0.15, 0.2) is 11.5 Å². The van der Waals surface area contributed by atoms with Crippen LogP contribution in [0.4, 0.5) is 5.69 Å². The van der Waals surface area contributed by atoms with E-state index in [1.165, 1.54) is 0 Å². The van der Waals surface area contributed by atoms with Crippen LogP contribution in [0.15, 0.2) is 40.9 Å². The highest BCUT2D eigenvalue weighted by atomic mass is 79.9. The maximum atomic E-state index is 12.8. The summed E-state index contributed by atoms with van der Waals surface area (Å²) in [6.45, 7) is 5.74. The Morgan fingerprint density at radius 3 is 2.29 bits per heavy atom. The van der Waals surface area contributed by atoms with E-state index < -0.39 is 5.41 Å². The maximum absolute atomic E-state index is 12.8. The SMILES string of the molecule is COc1ccc(C(C)(C)C(=O)Nc2ccc(Br)cc2C)cc1OC. The van der Waals surface area contributed by atoms with Crippen LogP contribution in [0.3, 0.4) is 0 Å². The number of ether oxygens (including phenoxy) is 2. The number of amides is 1. The molecule has 0 saturated carbocycles. The molecule has 2 rings (SSSR count). The monoisotopic (exact) mass is 391 g/mol. The van der Waals surface area contributed by atoms with Gasteiger partial charge in [-0.25, -0.2) is 0 Å². The topological polar surface area (TPSA) is 47.6 Å². The second-order valence-electron chi connectivity index (χ2n) is 6.11. The number of nitrogens with one attached hydrogen (secondary N) is 1. The molecule has 1 amide bonds. The van der Waals surface area contributed by atoms with Crippen LogP contribution in [0.1, 0.15) is 25.0 Å². The lowest BCUT2D eigenvalue weighted by atomic mass is 9.83. The van der Waals surface area contributed by atoms with Crippen LogP contribution in [-0.4, -0.2) is 20.1 Å². The summed E-state index contributed by atoms with van der Waals surface area (Å²) in [6.07, 6.45) is 0. The molecule has 0 spiro atoms. The van der Waals surface area contributed by atoms with E-state index in [1.807, 2.05) is 57.2 Å². The summed E-state index contributed by atoms with van der Waals surface area (Å²) in [5.41, 5.74) is 1.93. The Labute approximate surface area is 151 Å². The molecular formula is C19H22BrNO3. The molecule has 4 nitrogen and oxygen atoms in total. The van der Waals surface area contributed by atoms with Crippen LogP contribution in [-0.2, 0) is 10.2 Å². The highest BCUT2D eigenvalue weighted by Gasteiger charge is 2.31. The van der Waals surface area contributed by atoms with Crippen LogP contribution in [0.2, 0.25) is 0 Å². The fourth-order valence-electron chi connectivity index (χ4n) is 2.40. The normalized spacial score (nSPS) is 11.1. The van der Waals surface area contributed by atoms with Gasteiger partial charge in [-0.15, -0.1) is 0 Å². The van der Waals surface area contributed by atoms with E-state index in [0.29, 0.717) is 11.5 Å². The Balaban J connectivity index is 2.30. The summed E-state index contributed by atoms with van der Waals surface area (Å²) in [7, 11) is 3.17. The van der Waals surface area contributed by atoms with E-state index in [0.717, 1.165) is 21.3 Å². The van der Waals surface area contributed by atoms with Crippen molar-refractivity contribution < 1.29 is 14.3 Å². The number of hydrogen-bond acceptors (Lipinski definition) is 3. The Morgan fingerprint density at radius 2 is 1.71 bits per heavy atom. The van der Waals surface area contributed by atoms with Crippen LogP contribution in [0.5, 0.6) is 11.5 Å². The van der Waals surface area contributed by atoms with E-state index in [4.69, 9.17) is 9.47 Å². The van der Waals surface area contributed by atoms with Crippen molar-refractivity contribution in [3.63, 3.8) is 0 Å². The van der Waals surface area contributed by atoms with E-state index in [9.17, 15) is 4.79 Å². The first kappa shape index (κ1) is 18.3. The predicted octanol–water partition coefficient (Wildman–Crippen LogP) is 4.69. The smallest absolute Gasteiger partial charge is 0.234 e. The average Bonchev–Trinajstić information content (AvgIpc) is 2.56. The van der Waals surface area contributed by atoms with E-state index in [2.05, 4.69) is 21.2 Å². The minimum atomic E-state index is -0.723.